The van der Waals surface area contributed by atoms with Crippen LogP contribution in [0.1, 0.15) is 23.6 Å². The molecule has 0 saturated heterocycles. The zero-order valence-electron chi connectivity index (χ0n) is 14.0. The Morgan fingerprint density at radius 3 is 1.74 bits per heavy atom. The van der Waals surface area contributed by atoms with E-state index >= 15 is 0 Å². The van der Waals surface area contributed by atoms with Crippen molar-refractivity contribution in [3.8, 4) is 17.2 Å². The molecular formula is C20H22O3. The van der Waals surface area contributed by atoms with Gasteiger partial charge in [0, 0.05) is 11.1 Å². The van der Waals surface area contributed by atoms with E-state index in [9.17, 15) is 0 Å². The van der Waals surface area contributed by atoms with Crippen molar-refractivity contribution in [2.45, 2.75) is 6.92 Å². The van der Waals surface area contributed by atoms with Gasteiger partial charge in [-0.15, -0.1) is 0 Å². The van der Waals surface area contributed by atoms with Crippen molar-refractivity contribution in [3.63, 3.8) is 0 Å². The first-order chi connectivity index (χ1) is 11.2. The monoisotopic (exact) mass is 310 g/mol. The number of hydrogen-bond donors (Lipinski definition) is 0. The summed E-state index contributed by atoms with van der Waals surface area (Å²) in [6.07, 6.45) is 8.02. The van der Waals surface area contributed by atoms with Crippen LogP contribution in [0.3, 0.4) is 0 Å². The predicted molar refractivity (Wildman–Crippen MR) is 96.2 cm³/mol. The van der Waals surface area contributed by atoms with Crippen molar-refractivity contribution in [1.82, 2.24) is 0 Å². The Balaban J connectivity index is 2.35. The van der Waals surface area contributed by atoms with Crippen molar-refractivity contribution in [1.29, 1.82) is 0 Å². The number of methoxy groups -OCH3 is 3. The molecule has 0 spiro atoms. The van der Waals surface area contributed by atoms with Crippen molar-refractivity contribution < 1.29 is 14.2 Å². The van der Waals surface area contributed by atoms with Gasteiger partial charge in [0.05, 0.1) is 21.3 Å². The molecule has 0 saturated carbocycles. The number of benzene rings is 2. The zero-order valence-corrected chi connectivity index (χ0v) is 14.0. The van der Waals surface area contributed by atoms with Crippen molar-refractivity contribution in [2.24, 2.45) is 0 Å². The van der Waals surface area contributed by atoms with Crippen LogP contribution in [0.4, 0.5) is 0 Å². The maximum atomic E-state index is 5.50. The van der Waals surface area contributed by atoms with Gasteiger partial charge in [-0.3, -0.25) is 0 Å². The van der Waals surface area contributed by atoms with Gasteiger partial charge in [-0.05, 0) is 36.8 Å². The second kappa shape index (κ2) is 8.08. The van der Waals surface area contributed by atoms with Crippen LogP contribution in [0.25, 0.3) is 18.2 Å². The second-order valence-corrected chi connectivity index (χ2v) is 4.94. The van der Waals surface area contributed by atoms with Crippen LogP contribution in [0, 0.1) is 0 Å². The predicted octanol–water partition coefficient (Wildman–Crippen LogP) is 4.92. The molecule has 0 bridgehead atoms. The average molecular weight is 310 g/mol. The lowest BCUT2D eigenvalue weighted by atomic mass is 10.1. The van der Waals surface area contributed by atoms with Crippen LogP contribution in [0.5, 0.6) is 17.2 Å². The van der Waals surface area contributed by atoms with Gasteiger partial charge >= 0.3 is 0 Å². The third-order valence-corrected chi connectivity index (χ3v) is 3.50. The summed E-state index contributed by atoms with van der Waals surface area (Å²) < 4.78 is 16.1. The molecule has 3 heteroatoms. The smallest absolute Gasteiger partial charge is 0.126 e. The topological polar surface area (TPSA) is 27.7 Å². The van der Waals surface area contributed by atoms with Gasteiger partial charge in [0.15, 0.2) is 0 Å². The molecule has 0 aliphatic heterocycles. The molecule has 0 radical (unpaired) electrons. The number of allylic oxidation sites excluding steroid dienone is 1. The lowest BCUT2D eigenvalue weighted by Crippen LogP contribution is -1.93. The molecule has 3 nitrogen and oxygen atoms in total. The highest BCUT2D eigenvalue weighted by Crippen LogP contribution is 2.31. The normalized spacial score (nSPS) is 11.1. The molecule has 0 aliphatic rings. The van der Waals surface area contributed by atoms with Gasteiger partial charge in [-0.1, -0.05) is 36.4 Å². The Morgan fingerprint density at radius 2 is 1.26 bits per heavy atom. The standard InChI is InChI=1S/C20H22O3/c1-5-6-16-13-20(23-4)17(14-19(16)22-3)10-7-15-8-11-18(21-2)12-9-15/h5-14H,1-4H3/b6-5+,10-7+. The van der Waals surface area contributed by atoms with E-state index in [0.29, 0.717) is 0 Å². The Morgan fingerprint density at radius 1 is 0.696 bits per heavy atom. The summed E-state index contributed by atoms with van der Waals surface area (Å²) in [6, 6.07) is 11.8. The minimum atomic E-state index is 0.809. The van der Waals surface area contributed by atoms with Crippen LogP contribution >= 0.6 is 0 Å². The fourth-order valence-electron chi connectivity index (χ4n) is 2.29. The van der Waals surface area contributed by atoms with Gasteiger partial charge in [-0.2, -0.15) is 0 Å². The van der Waals surface area contributed by atoms with Crippen LogP contribution < -0.4 is 14.2 Å². The van der Waals surface area contributed by atoms with E-state index < -0.39 is 0 Å². The van der Waals surface area contributed by atoms with Gasteiger partial charge in [0.2, 0.25) is 0 Å². The average Bonchev–Trinajstić information content (AvgIpc) is 2.60. The maximum absolute atomic E-state index is 5.50. The second-order valence-electron chi connectivity index (χ2n) is 4.94. The van der Waals surface area contributed by atoms with Crippen LogP contribution in [0.15, 0.2) is 42.5 Å². The van der Waals surface area contributed by atoms with Gasteiger partial charge < -0.3 is 14.2 Å². The third kappa shape index (κ3) is 4.16. The summed E-state index contributed by atoms with van der Waals surface area (Å²) in [6.45, 7) is 1.98. The molecule has 120 valence electrons. The summed E-state index contributed by atoms with van der Waals surface area (Å²) in [5.41, 5.74) is 3.05. The Hall–Kier alpha value is -2.68. The molecule has 0 amide bonds. The summed E-state index contributed by atoms with van der Waals surface area (Å²) >= 11 is 0. The van der Waals surface area contributed by atoms with E-state index in [2.05, 4.69) is 0 Å². The Bertz CT molecular complexity index is 698. The van der Waals surface area contributed by atoms with E-state index in [1.807, 2.05) is 67.6 Å². The van der Waals surface area contributed by atoms with Gasteiger partial charge in [-0.25, -0.2) is 0 Å². The fourth-order valence-corrected chi connectivity index (χ4v) is 2.29. The molecule has 2 aromatic rings. The van der Waals surface area contributed by atoms with Crippen LogP contribution in [-0.4, -0.2) is 21.3 Å². The van der Waals surface area contributed by atoms with E-state index in [-0.39, 0.29) is 0 Å². The van der Waals surface area contributed by atoms with Crippen LogP contribution in [-0.2, 0) is 0 Å². The first-order valence-electron chi connectivity index (χ1n) is 7.42. The Kier molecular flexibility index (Phi) is 5.87. The molecule has 0 aliphatic carbocycles. The molecule has 2 aromatic carbocycles. The highest BCUT2D eigenvalue weighted by Gasteiger charge is 2.07. The largest absolute Gasteiger partial charge is 0.497 e. The summed E-state index contributed by atoms with van der Waals surface area (Å²) in [4.78, 5) is 0. The molecule has 0 unspecified atom stereocenters. The minimum Gasteiger partial charge on any atom is -0.497 e. The quantitative estimate of drug-likeness (QED) is 0.709. The summed E-state index contributed by atoms with van der Waals surface area (Å²) in [5.74, 6) is 2.47. The summed E-state index contributed by atoms with van der Waals surface area (Å²) in [5, 5.41) is 0. The molecule has 2 rings (SSSR count). The molecule has 0 heterocycles. The minimum absolute atomic E-state index is 0.809. The highest BCUT2D eigenvalue weighted by atomic mass is 16.5. The molecule has 23 heavy (non-hydrogen) atoms. The lowest BCUT2D eigenvalue weighted by molar-refractivity contribution is 0.401. The first-order valence-corrected chi connectivity index (χ1v) is 7.42. The van der Waals surface area contributed by atoms with E-state index in [0.717, 1.165) is 33.9 Å². The highest BCUT2D eigenvalue weighted by molar-refractivity contribution is 5.75. The van der Waals surface area contributed by atoms with Gasteiger partial charge in [0.1, 0.15) is 17.2 Å². The molecule has 0 N–H and O–H groups in total. The van der Waals surface area contributed by atoms with Crippen molar-refractivity contribution in [2.75, 3.05) is 21.3 Å². The number of rotatable bonds is 6. The number of ether oxygens (including phenoxy) is 3. The molecule has 0 atom stereocenters. The van der Waals surface area contributed by atoms with E-state index in [4.69, 9.17) is 14.2 Å². The van der Waals surface area contributed by atoms with Crippen LogP contribution in [0.2, 0.25) is 0 Å². The molecule has 0 aromatic heterocycles. The molecular weight excluding hydrogens is 288 g/mol. The Labute approximate surface area is 137 Å². The van der Waals surface area contributed by atoms with Crippen molar-refractivity contribution >= 4 is 18.2 Å². The fraction of sp³-hybridized carbons (Fsp3) is 0.200. The lowest BCUT2D eigenvalue weighted by Gasteiger charge is -2.11. The van der Waals surface area contributed by atoms with Gasteiger partial charge in [0.25, 0.3) is 0 Å². The van der Waals surface area contributed by atoms with E-state index in [1.165, 1.54) is 0 Å². The summed E-state index contributed by atoms with van der Waals surface area (Å²) in [7, 11) is 5.01. The SMILES string of the molecule is C/C=C/c1cc(OC)c(/C=C/c2ccc(OC)cc2)cc1OC. The van der Waals surface area contributed by atoms with Crippen molar-refractivity contribution in [3.05, 3.63) is 59.2 Å². The van der Waals surface area contributed by atoms with E-state index in [1.54, 1.807) is 21.3 Å². The zero-order chi connectivity index (χ0) is 16.7. The molecule has 0 fully saturated rings. The third-order valence-electron chi connectivity index (χ3n) is 3.50. The number of hydrogen-bond acceptors (Lipinski definition) is 3. The maximum Gasteiger partial charge on any atom is 0.126 e. The first kappa shape index (κ1) is 16.7.